The zero-order valence-electron chi connectivity index (χ0n) is 13.3. The lowest BCUT2D eigenvalue weighted by atomic mass is 9.97. The number of rotatable bonds is 3. The van der Waals surface area contributed by atoms with Gasteiger partial charge in [0.05, 0.1) is 12.7 Å². The first-order chi connectivity index (χ1) is 9.76. The number of likely N-dealkylation sites (N-methyl/N-ethyl adjacent to an activating group) is 1. The largest absolute Gasteiger partial charge is 0.374 e. The van der Waals surface area contributed by atoms with E-state index in [0.717, 1.165) is 38.8 Å². The Labute approximate surface area is 124 Å². The van der Waals surface area contributed by atoms with Crippen LogP contribution < -0.4 is 0 Å². The Morgan fingerprint density at radius 1 is 1.10 bits per heavy atom. The minimum Gasteiger partial charge on any atom is -0.374 e. The van der Waals surface area contributed by atoms with Crippen molar-refractivity contribution in [3.63, 3.8) is 0 Å². The second-order valence-corrected chi connectivity index (χ2v) is 6.83. The number of nitrogens with zero attached hydrogens (tertiary/aromatic N) is 3. The van der Waals surface area contributed by atoms with Crippen molar-refractivity contribution in [1.82, 2.24) is 14.7 Å². The minimum absolute atomic E-state index is 0.418. The summed E-state index contributed by atoms with van der Waals surface area (Å²) in [5, 5.41) is 0. The smallest absolute Gasteiger partial charge is 0.0829 e. The van der Waals surface area contributed by atoms with Crippen LogP contribution in [0.5, 0.6) is 0 Å². The highest BCUT2D eigenvalue weighted by Crippen LogP contribution is 2.24. The quantitative estimate of drug-likeness (QED) is 0.775. The van der Waals surface area contributed by atoms with Gasteiger partial charge in [0.2, 0.25) is 0 Å². The van der Waals surface area contributed by atoms with Crippen molar-refractivity contribution in [3.05, 3.63) is 0 Å². The van der Waals surface area contributed by atoms with Gasteiger partial charge in [-0.05, 0) is 32.9 Å². The SMILES string of the molecule is CCN1CCOC(CN2CC3CCCCN3CC2C)C1. The van der Waals surface area contributed by atoms with Crippen LogP contribution in [0.25, 0.3) is 0 Å². The average molecular weight is 281 g/mol. The van der Waals surface area contributed by atoms with E-state index >= 15 is 0 Å². The van der Waals surface area contributed by atoms with Crippen LogP contribution in [0.1, 0.15) is 33.1 Å². The number of morpholine rings is 1. The van der Waals surface area contributed by atoms with E-state index in [2.05, 4.69) is 28.5 Å². The van der Waals surface area contributed by atoms with Crippen LogP contribution in [-0.2, 0) is 4.74 Å². The van der Waals surface area contributed by atoms with Crippen molar-refractivity contribution in [2.75, 3.05) is 52.4 Å². The van der Waals surface area contributed by atoms with Crippen LogP contribution >= 0.6 is 0 Å². The lowest BCUT2D eigenvalue weighted by molar-refractivity contribution is -0.0648. The second-order valence-electron chi connectivity index (χ2n) is 6.83. The van der Waals surface area contributed by atoms with E-state index in [-0.39, 0.29) is 0 Å². The normalized spacial score (nSPS) is 37.8. The molecule has 20 heavy (non-hydrogen) atoms. The fourth-order valence-corrected chi connectivity index (χ4v) is 4.11. The number of ether oxygens (including phenoxy) is 1. The van der Waals surface area contributed by atoms with Crippen molar-refractivity contribution < 1.29 is 4.74 Å². The summed E-state index contributed by atoms with van der Waals surface area (Å²) < 4.78 is 6.00. The van der Waals surface area contributed by atoms with Crippen molar-refractivity contribution in [2.24, 2.45) is 0 Å². The monoisotopic (exact) mass is 281 g/mol. The van der Waals surface area contributed by atoms with Crippen molar-refractivity contribution in [2.45, 2.75) is 51.3 Å². The molecule has 4 heteroatoms. The average Bonchev–Trinajstić information content (AvgIpc) is 2.48. The Bertz CT molecular complexity index is 312. The molecule has 0 saturated carbocycles. The van der Waals surface area contributed by atoms with Crippen molar-refractivity contribution >= 4 is 0 Å². The summed E-state index contributed by atoms with van der Waals surface area (Å²) >= 11 is 0. The molecule has 3 aliphatic heterocycles. The summed E-state index contributed by atoms with van der Waals surface area (Å²) in [5.74, 6) is 0. The Hall–Kier alpha value is -0.160. The van der Waals surface area contributed by atoms with Gasteiger partial charge >= 0.3 is 0 Å². The Balaban J connectivity index is 1.53. The molecule has 0 N–H and O–H groups in total. The van der Waals surface area contributed by atoms with Crippen LogP contribution in [0.15, 0.2) is 0 Å². The Morgan fingerprint density at radius 2 is 2.00 bits per heavy atom. The summed E-state index contributed by atoms with van der Waals surface area (Å²) in [4.78, 5) is 7.94. The van der Waals surface area contributed by atoms with E-state index in [1.807, 2.05) is 0 Å². The molecule has 3 atom stereocenters. The lowest BCUT2D eigenvalue weighted by Crippen LogP contribution is -2.60. The van der Waals surface area contributed by atoms with Crippen LogP contribution in [-0.4, -0.2) is 85.3 Å². The molecule has 3 saturated heterocycles. The van der Waals surface area contributed by atoms with E-state index < -0.39 is 0 Å². The van der Waals surface area contributed by atoms with Gasteiger partial charge in [-0.1, -0.05) is 13.3 Å². The summed E-state index contributed by atoms with van der Waals surface area (Å²) in [6, 6.07) is 1.50. The lowest BCUT2D eigenvalue weighted by Gasteiger charge is -2.48. The van der Waals surface area contributed by atoms with Gasteiger partial charge in [-0.3, -0.25) is 14.7 Å². The third-order valence-electron chi connectivity index (χ3n) is 5.42. The molecule has 4 nitrogen and oxygen atoms in total. The van der Waals surface area contributed by atoms with Gasteiger partial charge in [0.15, 0.2) is 0 Å². The molecule has 0 bridgehead atoms. The van der Waals surface area contributed by atoms with Crippen molar-refractivity contribution in [1.29, 1.82) is 0 Å². The number of piperazine rings is 1. The zero-order valence-corrected chi connectivity index (χ0v) is 13.3. The molecule has 116 valence electrons. The molecule has 0 radical (unpaired) electrons. The van der Waals surface area contributed by atoms with Gasteiger partial charge in [0, 0.05) is 44.8 Å². The van der Waals surface area contributed by atoms with E-state index in [4.69, 9.17) is 4.74 Å². The van der Waals surface area contributed by atoms with Crippen LogP contribution in [0.4, 0.5) is 0 Å². The van der Waals surface area contributed by atoms with Gasteiger partial charge in [-0.2, -0.15) is 0 Å². The molecule has 3 fully saturated rings. The van der Waals surface area contributed by atoms with Gasteiger partial charge in [0.1, 0.15) is 0 Å². The fraction of sp³-hybridized carbons (Fsp3) is 1.00. The van der Waals surface area contributed by atoms with Gasteiger partial charge < -0.3 is 4.74 Å². The first-order valence-electron chi connectivity index (χ1n) is 8.58. The highest BCUT2D eigenvalue weighted by molar-refractivity contribution is 4.90. The molecule has 0 aliphatic carbocycles. The third kappa shape index (κ3) is 3.35. The van der Waals surface area contributed by atoms with Crippen LogP contribution in [0.3, 0.4) is 0 Å². The molecule has 3 heterocycles. The summed E-state index contributed by atoms with van der Waals surface area (Å²) in [6.45, 7) is 13.9. The summed E-state index contributed by atoms with van der Waals surface area (Å²) in [7, 11) is 0. The van der Waals surface area contributed by atoms with E-state index in [9.17, 15) is 0 Å². The molecule has 3 aliphatic rings. The highest BCUT2D eigenvalue weighted by Gasteiger charge is 2.34. The molecule has 3 rings (SSSR count). The molecule has 3 unspecified atom stereocenters. The van der Waals surface area contributed by atoms with Gasteiger partial charge in [0.25, 0.3) is 0 Å². The van der Waals surface area contributed by atoms with Gasteiger partial charge in [-0.25, -0.2) is 0 Å². The second kappa shape index (κ2) is 6.73. The maximum absolute atomic E-state index is 6.00. The fourth-order valence-electron chi connectivity index (χ4n) is 4.11. The number of piperidine rings is 1. The van der Waals surface area contributed by atoms with E-state index in [1.165, 1.54) is 38.9 Å². The molecular weight excluding hydrogens is 250 g/mol. The minimum atomic E-state index is 0.418. The topological polar surface area (TPSA) is 19.0 Å². The molecule has 0 spiro atoms. The standard InChI is InChI=1S/C16H31N3O/c1-3-17-8-9-20-16(12-17)13-19-11-15-6-4-5-7-18(15)10-14(19)2/h14-16H,3-13H2,1-2H3. The zero-order chi connectivity index (χ0) is 13.9. The maximum Gasteiger partial charge on any atom is 0.0829 e. The number of fused-ring (bicyclic) bond motifs is 1. The van der Waals surface area contributed by atoms with E-state index in [1.54, 1.807) is 0 Å². The molecule has 0 aromatic heterocycles. The van der Waals surface area contributed by atoms with Crippen LogP contribution in [0, 0.1) is 0 Å². The maximum atomic E-state index is 6.00. The summed E-state index contributed by atoms with van der Waals surface area (Å²) in [6.07, 6.45) is 4.64. The number of hydrogen-bond donors (Lipinski definition) is 0. The molecule has 0 amide bonds. The van der Waals surface area contributed by atoms with Crippen molar-refractivity contribution in [3.8, 4) is 0 Å². The molecular formula is C16H31N3O. The first kappa shape index (κ1) is 14.8. The summed E-state index contributed by atoms with van der Waals surface area (Å²) in [5.41, 5.74) is 0. The Kier molecular flexibility index (Phi) is 4.97. The third-order valence-corrected chi connectivity index (χ3v) is 5.42. The first-order valence-corrected chi connectivity index (χ1v) is 8.58. The predicted molar refractivity (Wildman–Crippen MR) is 82.1 cm³/mol. The Morgan fingerprint density at radius 3 is 2.85 bits per heavy atom. The predicted octanol–water partition coefficient (Wildman–Crippen LogP) is 1.27. The molecule has 0 aromatic carbocycles. The highest BCUT2D eigenvalue weighted by atomic mass is 16.5. The van der Waals surface area contributed by atoms with Crippen LogP contribution in [0.2, 0.25) is 0 Å². The van der Waals surface area contributed by atoms with Gasteiger partial charge in [-0.15, -0.1) is 0 Å². The molecule has 0 aromatic rings. The van der Waals surface area contributed by atoms with E-state index in [0.29, 0.717) is 12.1 Å². The number of hydrogen-bond acceptors (Lipinski definition) is 4.